The number of carbonyl (C=O) groups is 2. The summed E-state index contributed by atoms with van der Waals surface area (Å²) < 4.78 is 13.2. The highest BCUT2D eigenvalue weighted by Crippen LogP contribution is 2.10. The molecule has 0 unspecified atom stereocenters. The van der Waals surface area contributed by atoms with Crippen LogP contribution in [0.4, 0.5) is 10.1 Å². The number of amides is 2. The first-order valence-electron chi connectivity index (χ1n) is 9.38. The number of piperazine rings is 1. The second-order valence-corrected chi connectivity index (χ2v) is 7.82. The number of nitrogens with zero attached hydrogens (tertiary/aromatic N) is 2. The topological polar surface area (TPSA) is 64.7 Å². The van der Waals surface area contributed by atoms with Gasteiger partial charge < -0.3 is 10.6 Å². The number of hydrogen-bond acceptors (Lipinski definition) is 5. The fourth-order valence-corrected chi connectivity index (χ4v) is 3.82. The van der Waals surface area contributed by atoms with Crippen molar-refractivity contribution in [2.45, 2.75) is 6.42 Å². The highest BCUT2D eigenvalue weighted by atomic mass is 32.1. The Labute approximate surface area is 168 Å². The van der Waals surface area contributed by atoms with Crippen LogP contribution in [0.25, 0.3) is 0 Å². The lowest BCUT2D eigenvalue weighted by Crippen LogP contribution is -2.51. The van der Waals surface area contributed by atoms with Gasteiger partial charge in [0.25, 0.3) is 0 Å². The molecule has 0 aliphatic carbocycles. The maximum Gasteiger partial charge on any atom is 0.238 e. The molecule has 0 bridgehead atoms. The summed E-state index contributed by atoms with van der Waals surface area (Å²) in [5.74, 6) is -0.501. The molecule has 1 fully saturated rings. The van der Waals surface area contributed by atoms with E-state index in [1.54, 1.807) is 23.5 Å². The van der Waals surface area contributed by atoms with Gasteiger partial charge in [-0.2, -0.15) is 0 Å². The van der Waals surface area contributed by atoms with Crippen molar-refractivity contribution < 1.29 is 14.0 Å². The highest BCUT2D eigenvalue weighted by Gasteiger charge is 2.20. The van der Waals surface area contributed by atoms with Crippen LogP contribution >= 0.6 is 11.3 Å². The first kappa shape index (κ1) is 20.4. The number of nitrogens with one attached hydrogen (secondary N) is 2. The van der Waals surface area contributed by atoms with Crippen LogP contribution in [0.2, 0.25) is 0 Å². The first-order chi connectivity index (χ1) is 13.6. The van der Waals surface area contributed by atoms with Gasteiger partial charge in [-0.3, -0.25) is 19.4 Å². The molecule has 2 amide bonds. The molecule has 2 N–H and O–H groups in total. The minimum absolute atomic E-state index is 0.0360. The Bertz CT molecular complexity index is 776. The van der Waals surface area contributed by atoms with Crippen molar-refractivity contribution >= 4 is 28.8 Å². The van der Waals surface area contributed by atoms with Crippen LogP contribution in [0.1, 0.15) is 4.88 Å². The van der Waals surface area contributed by atoms with Gasteiger partial charge in [0.05, 0.1) is 13.1 Å². The van der Waals surface area contributed by atoms with E-state index in [4.69, 9.17) is 0 Å². The Hall–Kier alpha value is -2.29. The molecule has 1 aliphatic heterocycles. The third-order valence-corrected chi connectivity index (χ3v) is 5.52. The maximum atomic E-state index is 13.2. The molecule has 2 heterocycles. The van der Waals surface area contributed by atoms with Crippen molar-refractivity contribution in [3.05, 3.63) is 52.5 Å². The molecular formula is C20H25FN4O2S. The highest BCUT2D eigenvalue weighted by molar-refractivity contribution is 7.09. The van der Waals surface area contributed by atoms with E-state index in [0.717, 1.165) is 32.6 Å². The summed E-state index contributed by atoms with van der Waals surface area (Å²) in [5, 5.41) is 7.71. The number of carbonyl (C=O) groups excluding carboxylic acids is 2. The molecule has 1 saturated heterocycles. The lowest BCUT2D eigenvalue weighted by Gasteiger charge is -2.33. The van der Waals surface area contributed by atoms with Crippen LogP contribution in [-0.4, -0.2) is 67.4 Å². The van der Waals surface area contributed by atoms with Crippen LogP contribution < -0.4 is 10.6 Å². The van der Waals surface area contributed by atoms with Gasteiger partial charge >= 0.3 is 0 Å². The number of rotatable bonds is 8. The molecule has 2 aromatic rings. The van der Waals surface area contributed by atoms with Gasteiger partial charge in [-0.15, -0.1) is 11.3 Å². The van der Waals surface area contributed by atoms with Gasteiger partial charge in [-0.25, -0.2) is 4.39 Å². The van der Waals surface area contributed by atoms with Gasteiger partial charge in [0.15, 0.2) is 0 Å². The summed E-state index contributed by atoms with van der Waals surface area (Å²) in [4.78, 5) is 29.6. The fourth-order valence-electron chi connectivity index (χ4n) is 3.11. The second kappa shape index (κ2) is 10.3. The Morgan fingerprint density at radius 2 is 1.71 bits per heavy atom. The van der Waals surface area contributed by atoms with Gasteiger partial charge in [0.2, 0.25) is 11.8 Å². The van der Waals surface area contributed by atoms with Crippen LogP contribution in [0, 0.1) is 5.82 Å². The van der Waals surface area contributed by atoms with Crippen LogP contribution in [0.5, 0.6) is 0 Å². The normalized spacial score (nSPS) is 15.3. The predicted molar refractivity (Wildman–Crippen MR) is 109 cm³/mol. The Balaban J connectivity index is 1.31. The number of benzene rings is 1. The van der Waals surface area contributed by atoms with Crippen LogP contribution in [0.3, 0.4) is 0 Å². The zero-order chi connectivity index (χ0) is 19.8. The minimum atomic E-state index is -0.375. The molecule has 28 heavy (non-hydrogen) atoms. The van der Waals surface area contributed by atoms with Crippen molar-refractivity contribution in [1.82, 2.24) is 15.1 Å². The fraction of sp³-hybridized carbons (Fsp3) is 0.400. The van der Waals surface area contributed by atoms with E-state index in [1.165, 1.54) is 17.0 Å². The van der Waals surface area contributed by atoms with E-state index in [-0.39, 0.29) is 24.2 Å². The molecule has 8 heteroatoms. The van der Waals surface area contributed by atoms with Crippen LogP contribution in [-0.2, 0) is 16.0 Å². The summed E-state index contributed by atoms with van der Waals surface area (Å²) in [6.45, 7) is 4.22. The summed E-state index contributed by atoms with van der Waals surface area (Å²) in [7, 11) is 0. The maximum absolute atomic E-state index is 13.2. The average molecular weight is 405 g/mol. The quantitative estimate of drug-likeness (QED) is 0.704. The Kier molecular flexibility index (Phi) is 7.53. The molecule has 3 rings (SSSR count). The van der Waals surface area contributed by atoms with Crippen molar-refractivity contribution in [2.75, 3.05) is 51.1 Å². The summed E-state index contributed by atoms with van der Waals surface area (Å²) >= 11 is 1.70. The Morgan fingerprint density at radius 1 is 1.00 bits per heavy atom. The lowest BCUT2D eigenvalue weighted by molar-refractivity contribution is -0.123. The lowest BCUT2D eigenvalue weighted by atomic mass is 10.3. The molecule has 0 radical (unpaired) electrons. The summed E-state index contributed by atoms with van der Waals surface area (Å²) in [6, 6.07) is 9.95. The molecular weight excluding hydrogens is 379 g/mol. The van der Waals surface area contributed by atoms with Crippen molar-refractivity contribution in [3.63, 3.8) is 0 Å². The zero-order valence-corrected chi connectivity index (χ0v) is 16.5. The molecule has 6 nitrogen and oxygen atoms in total. The first-order valence-corrected chi connectivity index (χ1v) is 10.3. The van der Waals surface area contributed by atoms with E-state index in [1.807, 2.05) is 16.3 Å². The number of halogens is 1. The SMILES string of the molecule is O=C(CN1CCN(CC(=O)Nc2cccc(F)c2)CC1)NCCc1cccs1. The van der Waals surface area contributed by atoms with E-state index in [9.17, 15) is 14.0 Å². The summed E-state index contributed by atoms with van der Waals surface area (Å²) in [5.41, 5.74) is 0.461. The smallest absolute Gasteiger partial charge is 0.238 e. The van der Waals surface area contributed by atoms with Gasteiger partial charge in [-0.05, 0) is 36.1 Å². The van der Waals surface area contributed by atoms with Gasteiger partial charge in [-0.1, -0.05) is 12.1 Å². The van der Waals surface area contributed by atoms with Crippen molar-refractivity contribution in [2.24, 2.45) is 0 Å². The molecule has 0 saturated carbocycles. The zero-order valence-electron chi connectivity index (χ0n) is 15.7. The number of hydrogen-bond donors (Lipinski definition) is 2. The van der Waals surface area contributed by atoms with Gasteiger partial charge in [0.1, 0.15) is 5.82 Å². The van der Waals surface area contributed by atoms with Gasteiger partial charge in [0, 0.05) is 43.3 Å². The molecule has 1 aromatic heterocycles. The average Bonchev–Trinajstić information content (AvgIpc) is 3.17. The van der Waals surface area contributed by atoms with Crippen molar-refractivity contribution in [1.29, 1.82) is 0 Å². The molecule has 1 aliphatic rings. The molecule has 150 valence electrons. The Morgan fingerprint density at radius 3 is 2.36 bits per heavy atom. The minimum Gasteiger partial charge on any atom is -0.355 e. The van der Waals surface area contributed by atoms with E-state index >= 15 is 0 Å². The third kappa shape index (κ3) is 6.70. The van der Waals surface area contributed by atoms with Crippen molar-refractivity contribution in [3.8, 4) is 0 Å². The number of thiophene rings is 1. The van der Waals surface area contributed by atoms with Crippen LogP contribution in [0.15, 0.2) is 41.8 Å². The van der Waals surface area contributed by atoms with E-state index < -0.39 is 0 Å². The second-order valence-electron chi connectivity index (χ2n) is 6.79. The van der Waals surface area contributed by atoms with E-state index in [2.05, 4.69) is 21.6 Å². The molecule has 1 aromatic carbocycles. The predicted octanol–water partition coefficient (Wildman–Crippen LogP) is 1.80. The monoisotopic (exact) mass is 404 g/mol. The molecule has 0 spiro atoms. The number of anilines is 1. The third-order valence-electron chi connectivity index (χ3n) is 4.58. The largest absolute Gasteiger partial charge is 0.355 e. The molecule has 0 atom stereocenters. The van der Waals surface area contributed by atoms with E-state index in [0.29, 0.717) is 18.8 Å². The standard InChI is InChI=1S/C20H25FN4O2S/c21-16-3-1-4-17(13-16)23-20(27)15-25-10-8-24(9-11-25)14-19(26)22-7-6-18-5-2-12-28-18/h1-5,12-13H,6-11,14-15H2,(H,22,26)(H,23,27). The summed E-state index contributed by atoms with van der Waals surface area (Å²) in [6.07, 6.45) is 0.859.